The van der Waals surface area contributed by atoms with E-state index in [-0.39, 0.29) is 11.7 Å². The molecule has 1 atom stereocenters. The van der Waals surface area contributed by atoms with Gasteiger partial charge in [0, 0.05) is 4.47 Å². The normalized spacial score (nSPS) is 17.2. The van der Waals surface area contributed by atoms with E-state index >= 15 is 0 Å². The molecule has 1 heterocycles. The molecule has 0 spiro atoms. The number of alkyl halides is 3. The lowest BCUT2D eigenvalue weighted by Crippen LogP contribution is -2.43. The van der Waals surface area contributed by atoms with Crippen LogP contribution in [0.15, 0.2) is 46.9 Å². The van der Waals surface area contributed by atoms with Gasteiger partial charge in [-0.2, -0.15) is 13.2 Å². The second kappa shape index (κ2) is 6.71. The number of carbonyl (C=O) groups is 1. The van der Waals surface area contributed by atoms with Crippen molar-refractivity contribution in [2.75, 3.05) is 4.90 Å². The van der Waals surface area contributed by atoms with Crippen molar-refractivity contribution in [2.45, 2.75) is 32.0 Å². The monoisotopic (exact) mass is 413 g/mol. The third-order valence-electron chi connectivity index (χ3n) is 3.91. The van der Waals surface area contributed by atoms with Gasteiger partial charge in [0.15, 0.2) is 6.10 Å². The molecule has 0 saturated heterocycles. The lowest BCUT2D eigenvalue weighted by molar-refractivity contribution is -0.137. The Bertz CT molecular complexity index is 807. The Morgan fingerprint density at radius 2 is 1.96 bits per heavy atom. The third kappa shape index (κ3) is 3.51. The highest BCUT2D eigenvalue weighted by Crippen LogP contribution is 2.43. The van der Waals surface area contributed by atoms with Crippen LogP contribution in [0.25, 0.3) is 0 Å². The Morgan fingerprint density at radius 1 is 1.20 bits per heavy atom. The maximum absolute atomic E-state index is 13.0. The number of ether oxygens (including phenoxy) is 1. The minimum absolute atomic E-state index is 0.0628. The SMILES string of the molecule is CCCC1Oc2cc(C(F)(F)F)ccc2N(c2cccc(Br)c2)C1=O. The zero-order valence-electron chi connectivity index (χ0n) is 13.3. The molecule has 2 aromatic carbocycles. The highest BCUT2D eigenvalue weighted by atomic mass is 79.9. The van der Waals surface area contributed by atoms with Crippen LogP contribution in [0, 0.1) is 0 Å². The summed E-state index contributed by atoms with van der Waals surface area (Å²) in [6, 6.07) is 10.2. The van der Waals surface area contributed by atoms with Gasteiger partial charge in [-0.1, -0.05) is 35.3 Å². The predicted molar refractivity (Wildman–Crippen MR) is 92.1 cm³/mol. The maximum atomic E-state index is 13.0. The molecule has 0 aromatic heterocycles. The summed E-state index contributed by atoms with van der Waals surface area (Å²) in [5.41, 5.74) is 0.0817. The molecule has 1 aliphatic heterocycles. The van der Waals surface area contributed by atoms with E-state index in [9.17, 15) is 18.0 Å². The number of hydrogen-bond donors (Lipinski definition) is 0. The Kier molecular flexibility index (Phi) is 4.77. The lowest BCUT2D eigenvalue weighted by atomic mass is 10.1. The summed E-state index contributed by atoms with van der Waals surface area (Å²) >= 11 is 3.35. The molecule has 0 saturated carbocycles. The minimum atomic E-state index is -4.47. The first-order valence-electron chi connectivity index (χ1n) is 7.78. The van der Waals surface area contributed by atoms with Crippen LogP contribution >= 0.6 is 15.9 Å². The zero-order valence-corrected chi connectivity index (χ0v) is 14.9. The molecule has 2 aromatic rings. The molecular weight excluding hydrogens is 399 g/mol. The van der Waals surface area contributed by atoms with Gasteiger partial charge in [0.1, 0.15) is 5.75 Å². The quantitative estimate of drug-likeness (QED) is 0.646. The van der Waals surface area contributed by atoms with Crippen molar-refractivity contribution in [3.8, 4) is 5.75 Å². The number of halogens is 4. The Labute approximate surface area is 151 Å². The summed E-state index contributed by atoms with van der Waals surface area (Å²) in [6.45, 7) is 1.89. The number of amides is 1. The largest absolute Gasteiger partial charge is 0.478 e. The fourth-order valence-electron chi connectivity index (χ4n) is 2.76. The topological polar surface area (TPSA) is 29.5 Å². The predicted octanol–water partition coefficient (Wildman–Crippen LogP) is 5.69. The van der Waals surface area contributed by atoms with Gasteiger partial charge in [-0.05, 0) is 42.8 Å². The summed E-state index contributed by atoms with van der Waals surface area (Å²) in [6.07, 6.45) is -4.17. The molecule has 0 radical (unpaired) electrons. The Balaban J connectivity index is 2.13. The van der Waals surface area contributed by atoms with Crippen LogP contribution in [-0.4, -0.2) is 12.0 Å². The second-order valence-electron chi connectivity index (χ2n) is 5.73. The highest BCUT2D eigenvalue weighted by molar-refractivity contribution is 9.10. The van der Waals surface area contributed by atoms with Crippen LogP contribution in [0.5, 0.6) is 5.75 Å². The number of benzene rings is 2. The fraction of sp³-hybridized carbons (Fsp3) is 0.278. The van der Waals surface area contributed by atoms with Crippen LogP contribution < -0.4 is 9.64 Å². The molecule has 3 rings (SSSR count). The van der Waals surface area contributed by atoms with Gasteiger partial charge in [0.05, 0.1) is 16.9 Å². The lowest BCUT2D eigenvalue weighted by Gasteiger charge is -2.34. The van der Waals surface area contributed by atoms with Crippen molar-refractivity contribution in [2.24, 2.45) is 0 Å². The Hall–Kier alpha value is -2.02. The molecule has 7 heteroatoms. The number of carbonyl (C=O) groups excluding carboxylic acids is 1. The molecule has 0 N–H and O–H groups in total. The molecule has 1 unspecified atom stereocenters. The van der Waals surface area contributed by atoms with E-state index < -0.39 is 17.8 Å². The molecule has 25 heavy (non-hydrogen) atoms. The van der Waals surface area contributed by atoms with E-state index in [2.05, 4.69) is 15.9 Å². The number of hydrogen-bond acceptors (Lipinski definition) is 2. The number of fused-ring (bicyclic) bond motifs is 1. The van der Waals surface area contributed by atoms with E-state index in [0.29, 0.717) is 24.2 Å². The van der Waals surface area contributed by atoms with Crippen LogP contribution in [0.4, 0.5) is 24.5 Å². The number of nitrogens with zero attached hydrogens (tertiary/aromatic N) is 1. The molecule has 1 amide bonds. The van der Waals surface area contributed by atoms with Crippen molar-refractivity contribution < 1.29 is 22.7 Å². The van der Waals surface area contributed by atoms with E-state index in [1.54, 1.807) is 18.2 Å². The summed E-state index contributed by atoms with van der Waals surface area (Å²) in [5.74, 6) is -0.222. The van der Waals surface area contributed by atoms with Gasteiger partial charge >= 0.3 is 6.18 Å². The molecular formula is C18H15BrF3NO2. The van der Waals surface area contributed by atoms with Gasteiger partial charge in [-0.15, -0.1) is 0 Å². The first-order chi connectivity index (χ1) is 11.8. The minimum Gasteiger partial charge on any atom is -0.478 e. The standard InChI is InChI=1S/C18H15BrF3NO2/c1-2-4-15-17(24)23(13-6-3-5-12(19)10-13)14-8-7-11(18(20,21)22)9-16(14)25-15/h3,5-10,15H,2,4H2,1H3. The molecule has 1 aliphatic rings. The highest BCUT2D eigenvalue weighted by Gasteiger charge is 2.38. The number of rotatable bonds is 3. The van der Waals surface area contributed by atoms with Crippen molar-refractivity contribution >= 4 is 33.2 Å². The van der Waals surface area contributed by atoms with Gasteiger partial charge in [0.2, 0.25) is 0 Å². The van der Waals surface area contributed by atoms with Gasteiger partial charge in [0.25, 0.3) is 5.91 Å². The van der Waals surface area contributed by atoms with E-state index in [1.165, 1.54) is 11.0 Å². The van der Waals surface area contributed by atoms with Gasteiger partial charge in [-0.25, -0.2) is 0 Å². The van der Waals surface area contributed by atoms with Gasteiger partial charge < -0.3 is 4.74 Å². The first kappa shape index (κ1) is 17.8. The fourth-order valence-corrected chi connectivity index (χ4v) is 3.15. The molecule has 0 fully saturated rings. The summed E-state index contributed by atoms with van der Waals surface area (Å²) in [5, 5.41) is 0. The van der Waals surface area contributed by atoms with Crippen LogP contribution in [-0.2, 0) is 11.0 Å². The van der Waals surface area contributed by atoms with Crippen molar-refractivity contribution in [3.63, 3.8) is 0 Å². The van der Waals surface area contributed by atoms with Crippen molar-refractivity contribution in [1.29, 1.82) is 0 Å². The maximum Gasteiger partial charge on any atom is 0.416 e. The smallest absolute Gasteiger partial charge is 0.416 e. The molecule has 3 nitrogen and oxygen atoms in total. The van der Waals surface area contributed by atoms with Gasteiger partial charge in [-0.3, -0.25) is 9.69 Å². The summed E-state index contributed by atoms with van der Waals surface area (Å²) < 4.78 is 45.4. The molecule has 0 aliphatic carbocycles. The van der Waals surface area contributed by atoms with Crippen LogP contribution in [0.3, 0.4) is 0 Å². The zero-order chi connectivity index (χ0) is 18.2. The second-order valence-corrected chi connectivity index (χ2v) is 6.64. The van der Waals surface area contributed by atoms with Crippen molar-refractivity contribution in [3.05, 3.63) is 52.5 Å². The van der Waals surface area contributed by atoms with E-state index in [4.69, 9.17) is 4.74 Å². The summed E-state index contributed by atoms with van der Waals surface area (Å²) in [7, 11) is 0. The third-order valence-corrected chi connectivity index (χ3v) is 4.40. The van der Waals surface area contributed by atoms with Crippen LogP contribution in [0.2, 0.25) is 0 Å². The van der Waals surface area contributed by atoms with Crippen molar-refractivity contribution in [1.82, 2.24) is 0 Å². The summed E-state index contributed by atoms with van der Waals surface area (Å²) in [4.78, 5) is 14.3. The Morgan fingerprint density at radius 3 is 2.60 bits per heavy atom. The van der Waals surface area contributed by atoms with E-state index in [0.717, 1.165) is 16.6 Å². The van der Waals surface area contributed by atoms with E-state index in [1.807, 2.05) is 13.0 Å². The first-order valence-corrected chi connectivity index (χ1v) is 8.58. The number of anilines is 2. The average molecular weight is 414 g/mol. The molecule has 0 bridgehead atoms. The van der Waals surface area contributed by atoms with Crippen LogP contribution in [0.1, 0.15) is 25.3 Å². The molecule has 132 valence electrons. The average Bonchev–Trinajstić information content (AvgIpc) is 2.54.